The van der Waals surface area contributed by atoms with Crippen LogP contribution in [0, 0.1) is 40.8 Å². The van der Waals surface area contributed by atoms with Crippen molar-refractivity contribution in [2.24, 2.45) is 28.9 Å². The van der Waals surface area contributed by atoms with Crippen molar-refractivity contribution in [3.05, 3.63) is 141 Å². The minimum absolute atomic E-state index is 0.00452. The van der Waals surface area contributed by atoms with Crippen LogP contribution in [0.4, 0.5) is 20.6 Å². The molecule has 10 N–H and O–H groups in total. The number of piperidine rings is 1. The van der Waals surface area contributed by atoms with Gasteiger partial charge in [-0.1, -0.05) is 149 Å². The fraction of sp³-hybridized carbons (Fsp3) is 0.560. The Kier molecular flexibility index (Phi) is 42.3. The van der Waals surface area contributed by atoms with Crippen LogP contribution in [0.15, 0.2) is 107 Å². The maximum absolute atomic E-state index is 15.2. The van der Waals surface area contributed by atoms with Gasteiger partial charge in [0, 0.05) is 91.9 Å². The van der Waals surface area contributed by atoms with Gasteiger partial charge in [-0.2, -0.15) is 0 Å². The predicted octanol–water partition coefficient (Wildman–Crippen LogP) is 9.30. The number of nitrogens with two attached hydrogens (primary N) is 1. The van der Waals surface area contributed by atoms with Crippen molar-refractivity contribution >= 4 is 97.9 Å². The number of hydrogen-bond donors (Lipinski definition) is 9. The van der Waals surface area contributed by atoms with Crippen LogP contribution >= 0.6 is 11.3 Å². The average molecular weight is 1780 g/mol. The van der Waals surface area contributed by atoms with Crippen LogP contribution in [0.25, 0.3) is 0 Å². The molecule has 8 atom stereocenters. The van der Waals surface area contributed by atoms with Gasteiger partial charge in [0.15, 0.2) is 6.10 Å². The van der Waals surface area contributed by atoms with Crippen LogP contribution < -0.4 is 52.6 Å². The zero-order chi connectivity index (χ0) is 91.2. The van der Waals surface area contributed by atoms with Crippen molar-refractivity contribution in [1.29, 1.82) is 0 Å². The first-order valence-electron chi connectivity index (χ1n) is 43.4. The number of anilines is 2. The molecule has 684 valence electrons. The van der Waals surface area contributed by atoms with Crippen LogP contribution in [0.2, 0.25) is 0 Å². The number of unbranched alkanes of at least 4 members (excludes halogenated alkanes) is 3. The molecule has 4 aromatic carbocycles. The molecule has 2 aliphatic rings. The number of aromatic nitrogens is 1. The smallest absolute Gasteiger partial charge is 0.312 e. The fourth-order valence-electron chi connectivity index (χ4n) is 14.6. The number of urea groups is 1. The lowest BCUT2D eigenvalue weighted by atomic mass is 9.83. The maximum Gasteiger partial charge on any atom is 0.312 e. The molecule has 0 spiro atoms. The van der Waals surface area contributed by atoms with Crippen molar-refractivity contribution in [2.45, 2.75) is 226 Å². The Morgan fingerprint density at radius 3 is 2.00 bits per heavy atom. The Balaban J connectivity index is 0.867. The molecule has 0 radical (unpaired) electrons. The van der Waals surface area contributed by atoms with Gasteiger partial charge in [0.1, 0.15) is 34.6 Å². The summed E-state index contributed by atoms with van der Waals surface area (Å²) in [5.74, 6) is -0.0664. The quantitative estimate of drug-likeness (QED) is 0.00994. The Morgan fingerprint density at radius 2 is 1.35 bits per heavy atom. The van der Waals surface area contributed by atoms with Gasteiger partial charge in [-0.15, -0.1) is 11.3 Å². The number of primary amides is 1. The zero-order valence-electron chi connectivity index (χ0n) is 74.0. The Labute approximate surface area is 738 Å². The number of likely N-dealkylation sites (tertiary alicyclic amines) is 1. The number of carbonyl (C=O) groups is 11. The molecule has 3 heterocycles. The summed E-state index contributed by atoms with van der Waals surface area (Å²) in [5.41, 5.74) is 7.56. The SMILES string of the molecule is CCCCCCN(C(=O)[C@@H](NC(=O)[C@H]1CCCCN1C)[C@@H](C)CC)[C@H](C[C@@H](OC(C)=O)c1nc(C(=O)N[C@@H](Cc2ccc(F)cc2)CC(C)(C)C(=O)NS(=O)(=O)c2ccc(NC(=O)[C@H](CCCNC(N)=O)NC(=O)[C@@H](NC(=O)CCOCCOCCOCCOCCNC(=O)CCC(=O)N3Cc4ccccc4C#Cc4ccccc43)C(C)C)cc2)cs1)C(C)C. The normalized spacial score (nSPS) is 15.1. The molecule has 1 fully saturated rings. The number of esters is 1. The van der Waals surface area contributed by atoms with E-state index in [4.69, 9.17) is 34.4 Å². The maximum atomic E-state index is 15.2. The molecule has 0 unspecified atom stereocenters. The lowest BCUT2D eigenvalue weighted by Gasteiger charge is -2.40. The zero-order valence-corrected chi connectivity index (χ0v) is 75.6. The highest BCUT2D eigenvalue weighted by Crippen LogP contribution is 2.34. The molecule has 125 heavy (non-hydrogen) atoms. The minimum atomic E-state index is -4.63. The summed E-state index contributed by atoms with van der Waals surface area (Å²) >= 11 is 1.08. The van der Waals surface area contributed by atoms with Crippen molar-refractivity contribution < 1.29 is 89.2 Å². The number of nitrogens with zero attached hydrogens (tertiary/aromatic N) is 4. The van der Waals surface area contributed by atoms with Gasteiger partial charge >= 0.3 is 12.0 Å². The Morgan fingerprint density at radius 1 is 0.696 bits per heavy atom. The molecular weight excluding hydrogens is 1650 g/mol. The van der Waals surface area contributed by atoms with Crippen molar-refractivity contribution in [1.82, 2.24) is 51.4 Å². The molecule has 5 aromatic rings. The molecular formula is C91H128FN13O18S2. The third-order valence-corrected chi connectivity index (χ3v) is 24.2. The van der Waals surface area contributed by atoms with E-state index in [9.17, 15) is 60.8 Å². The Bertz CT molecular complexity index is 4560. The van der Waals surface area contributed by atoms with Crippen LogP contribution in [-0.2, 0) is 89.8 Å². The third-order valence-electron chi connectivity index (χ3n) is 21.9. The first-order chi connectivity index (χ1) is 59.7. The second-order valence-electron chi connectivity index (χ2n) is 32.9. The lowest BCUT2D eigenvalue weighted by Crippen LogP contribution is -2.59. The number of sulfonamides is 1. The number of amides is 11. The van der Waals surface area contributed by atoms with E-state index in [2.05, 4.69) is 60.7 Å². The monoisotopic (exact) mass is 1770 g/mol. The lowest BCUT2D eigenvalue weighted by molar-refractivity contribution is -0.150. The van der Waals surface area contributed by atoms with E-state index in [1.165, 1.54) is 62.5 Å². The largest absolute Gasteiger partial charge is 0.455 e. The first kappa shape index (κ1) is 102. The van der Waals surface area contributed by atoms with E-state index in [1.807, 2.05) is 93.1 Å². The second-order valence-corrected chi connectivity index (χ2v) is 35.5. The second kappa shape index (κ2) is 52.0. The number of fused-ring (bicyclic) bond motifs is 2. The highest BCUT2D eigenvalue weighted by molar-refractivity contribution is 7.90. The van der Waals surface area contributed by atoms with Crippen LogP contribution in [0.5, 0.6) is 0 Å². The topological polar surface area (TPSA) is 413 Å². The molecule has 34 heteroatoms. The number of thiazole rings is 1. The summed E-state index contributed by atoms with van der Waals surface area (Å²) in [6.07, 6.45) is 5.69. The van der Waals surface area contributed by atoms with E-state index in [0.717, 1.165) is 78.8 Å². The van der Waals surface area contributed by atoms with Gasteiger partial charge in [-0.05, 0) is 142 Å². The number of rotatable bonds is 53. The Hall–Kier alpha value is -10.3. The standard InChI is InChI=1S/C91H128FN13O18S2/c1-12-14-15-21-46-104(88(114)82(62(7)13-2)101-85(112)75-29-20-22-45-103(75)11)76(60(3)4)56-77(123-63(8)106)87-99-73(59-124-87)84(111)97-70(55-64-30-34-68(92)35-31-64)57-91(9,10)89(115)102-125(117,118)71-38-36-69(37-39-71)96-83(110)72(27-23-43-95-90(93)116)98-86(113)81(61(5)6)100-79(108)42-47-119-49-51-121-53-54-122-52-50-120-48-44-94-78(107)40-41-80(109)105-58-67-26-17-16-24-65(67)32-33-66-25-18-19-28-74(66)105/h16-19,24-26,28,30-31,34-39,59-62,70,72,75-77,81-82H,12-15,20-23,27,29,40-58H2,1-11H3,(H,94,107)(H,96,110)(H,97,111)(H,98,113)(H,100,108)(H,101,112)(H,102,115)(H3,93,95,116)/t62-,70-,72-,75+,76+,77+,81-,82-/m0/s1. The molecule has 0 aliphatic carbocycles. The number of benzene rings is 4. The van der Waals surface area contributed by atoms with E-state index >= 15 is 4.79 Å². The van der Waals surface area contributed by atoms with Crippen molar-refractivity contribution in [3.63, 3.8) is 0 Å². The van der Waals surface area contributed by atoms with Crippen molar-refractivity contribution in [3.8, 4) is 11.8 Å². The van der Waals surface area contributed by atoms with Crippen LogP contribution in [0.3, 0.4) is 0 Å². The van der Waals surface area contributed by atoms with Crippen LogP contribution in [-0.4, -0.2) is 211 Å². The van der Waals surface area contributed by atoms with E-state index in [0.29, 0.717) is 43.6 Å². The molecule has 0 bridgehead atoms. The molecule has 2 aliphatic heterocycles. The van der Waals surface area contributed by atoms with Gasteiger partial charge in [0.2, 0.25) is 47.3 Å². The average Bonchev–Trinajstić information content (AvgIpc) is 1.08. The first-order valence-corrected chi connectivity index (χ1v) is 45.7. The molecule has 1 aromatic heterocycles. The summed E-state index contributed by atoms with van der Waals surface area (Å²) in [6.45, 7) is 21.1. The van der Waals surface area contributed by atoms with Gasteiger partial charge in [0.05, 0.1) is 76.0 Å². The number of nitrogens with one attached hydrogen (secondary N) is 8. The fourth-order valence-corrected chi connectivity index (χ4v) is 16.5. The number of halogens is 1. The third kappa shape index (κ3) is 33.9. The summed E-state index contributed by atoms with van der Waals surface area (Å²) in [6, 6.07) is 19.7. The molecule has 0 saturated carbocycles. The van der Waals surface area contributed by atoms with Crippen LogP contribution in [0.1, 0.15) is 209 Å². The summed E-state index contributed by atoms with van der Waals surface area (Å²) in [4.78, 5) is 160. The molecule has 7 rings (SSSR count). The number of carbonyl (C=O) groups excluding carboxylic acids is 11. The number of para-hydroxylation sites is 1. The number of ether oxygens (including phenoxy) is 5. The van der Waals surface area contributed by atoms with E-state index in [-0.39, 0.29) is 180 Å². The highest BCUT2D eigenvalue weighted by Gasteiger charge is 2.41. The predicted molar refractivity (Wildman–Crippen MR) is 473 cm³/mol. The summed E-state index contributed by atoms with van der Waals surface area (Å²) < 4.78 is 72.9. The number of hydrogen-bond acceptors (Lipinski definition) is 21. The summed E-state index contributed by atoms with van der Waals surface area (Å²) in [5, 5.41) is 21.2. The van der Waals surface area contributed by atoms with Gasteiger partial charge < -0.3 is 76.4 Å². The van der Waals surface area contributed by atoms with E-state index < -0.39 is 105 Å². The number of likely N-dealkylation sites (N-methyl/N-ethyl adjacent to an activating group) is 1. The van der Waals surface area contributed by atoms with Gasteiger partial charge in [0.25, 0.3) is 15.9 Å². The summed E-state index contributed by atoms with van der Waals surface area (Å²) in [7, 11) is -2.71. The van der Waals surface area contributed by atoms with E-state index in [1.54, 1.807) is 18.7 Å². The minimum Gasteiger partial charge on any atom is -0.455 e. The molecule has 1 saturated heterocycles. The molecule has 11 amide bonds. The van der Waals surface area contributed by atoms with Gasteiger partial charge in [-0.25, -0.2) is 27.3 Å². The highest BCUT2D eigenvalue weighted by atomic mass is 32.2. The van der Waals surface area contributed by atoms with Crippen molar-refractivity contribution in [2.75, 3.05) is 96.3 Å². The molecule has 31 nitrogen and oxygen atoms in total. The van der Waals surface area contributed by atoms with Gasteiger partial charge in [-0.3, -0.25) is 52.8 Å².